The lowest BCUT2D eigenvalue weighted by Gasteiger charge is -2.37. The number of aromatic nitrogens is 3. The molecule has 1 aromatic carbocycles. The monoisotopic (exact) mass is 324 g/mol. The molecule has 1 aliphatic rings. The third kappa shape index (κ3) is 2.39. The standard InChI is InChI=1S/C17H16N4OS/c1-11-16(23-20-19-11)17(22)21(13-7-3-8-13)14-9-2-5-12-6-4-10-18-15(12)14/h2,4-6,9-10,13H,3,7-8H2,1H3. The fraction of sp³-hybridized carbons (Fsp3) is 0.294. The van der Waals surface area contributed by atoms with E-state index in [-0.39, 0.29) is 11.9 Å². The first kappa shape index (κ1) is 14.3. The molecular weight excluding hydrogens is 308 g/mol. The molecule has 0 bridgehead atoms. The Morgan fingerprint density at radius 3 is 2.78 bits per heavy atom. The minimum Gasteiger partial charge on any atom is -0.302 e. The third-order valence-corrected chi connectivity index (χ3v) is 5.19. The molecule has 5 nitrogen and oxygen atoms in total. The highest BCUT2D eigenvalue weighted by Gasteiger charge is 2.33. The van der Waals surface area contributed by atoms with Gasteiger partial charge < -0.3 is 4.90 Å². The molecule has 3 aromatic rings. The molecule has 0 N–H and O–H groups in total. The molecule has 2 aromatic heterocycles. The van der Waals surface area contributed by atoms with Gasteiger partial charge in [0.15, 0.2) is 0 Å². The topological polar surface area (TPSA) is 59.0 Å². The number of nitrogens with zero attached hydrogens (tertiary/aromatic N) is 4. The number of hydrogen-bond donors (Lipinski definition) is 0. The summed E-state index contributed by atoms with van der Waals surface area (Å²) >= 11 is 1.17. The van der Waals surface area contributed by atoms with Gasteiger partial charge in [0.2, 0.25) is 0 Å². The maximum Gasteiger partial charge on any atom is 0.272 e. The van der Waals surface area contributed by atoms with Crippen molar-refractivity contribution in [2.75, 3.05) is 4.90 Å². The molecule has 0 radical (unpaired) electrons. The molecule has 1 aliphatic carbocycles. The van der Waals surface area contributed by atoms with E-state index in [2.05, 4.69) is 14.6 Å². The Morgan fingerprint density at radius 1 is 1.26 bits per heavy atom. The smallest absolute Gasteiger partial charge is 0.272 e. The zero-order valence-corrected chi connectivity index (χ0v) is 13.6. The van der Waals surface area contributed by atoms with Crippen molar-refractivity contribution in [1.29, 1.82) is 0 Å². The second kappa shape index (κ2) is 5.70. The molecule has 2 heterocycles. The van der Waals surface area contributed by atoms with Crippen molar-refractivity contribution in [3.63, 3.8) is 0 Å². The second-order valence-electron chi connectivity index (χ2n) is 5.80. The van der Waals surface area contributed by atoms with Gasteiger partial charge in [0, 0.05) is 17.6 Å². The summed E-state index contributed by atoms with van der Waals surface area (Å²) in [5.74, 6) is -0.0136. The highest BCUT2D eigenvalue weighted by Crippen LogP contribution is 2.35. The maximum atomic E-state index is 13.1. The van der Waals surface area contributed by atoms with Gasteiger partial charge in [-0.25, -0.2) is 0 Å². The van der Waals surface area contributed by atoms with Crippen LogP contribution in [-0.4, -0.2) is 26.5 Å². The molecule has 23 heavy (non-hydrogen) atoms. The van der Waals surface area contributed by atoms with E-state index in [0.29, 0.717) is 10.6 Å². The Hall–Kier alpha value is -2.34. The number of carbonyl (C=O) groups excluding carboxylic acids is 1. The molecular formula is C17H16N4OS. The first-order valence-electron chi connectivity index (χ1n) is 7.72. The largest absolute Gasteiger partial charge is 0.302 e. The van der Waals surface area contributed by atoms with Crippen molar-refractivity contribution in [2.45, 2.75) is 32.2 Å². The van der Waals surface area contributed by atoms with Gasteiger partial charge in [0.05, 0.1) is 16.9 Å². The predicted octanol–water partition coefficient (Wildman–Crippen LogP) is 3.59. The normalized spacial score (nSPS) is 14.7. The van der Waals surface area contributed by atoms with Crippen LogP contribution in [0.2, 0.25) is 0 Å². The highest BCUT2D eigenvalue weighted by atomic mass is 32.1. The van der Waals surface area contributed by atoms with E-state index in [9.17, 15) is 4.79 Å². The summed E-state index contributed by atoms with van der Waals surface area (Å²) in [4.78, 5) is 20.2. The lowest BCUT2D eigenvalue weighted by molar-refractivity contribution is 0.0967. The molecule has 1 saturated carbocycles. The van der Waals surface area contributed by atoms with Crippen LogP contribution in [0.1, 0.15) is 34.6 Å². The number of pyridine rings is 1. The number of anilines is 1. The van der Waals surface area contributed by atoms with Gasteiger partial charge in [0.25, 0.3) is 5.91 Å². The average molecular weight is 324 g/mol. The number of aryl methyl sites for hydroxylation is 1. The summed E-state index contributed by atoms with van der Waals surface area (Å²) in [5.41, 5.74) is 2.44. The van der Waals surface area contributed by atoms with Crippen molar-refractivity contribution >= 4 is 34.0 Å². The quantitative estimate of drug-likeness (QED) is 0.738. The summed E-state index contributed by atoms with van der Waals surface area (Å²) < 4.78 is 3.91. The van der Waals surface area contributed by atoms with Gasteiger partial charge in [-0.2, -0.15) is 0 Å². The van der Waals surface area contributed by atoms with E-state index in [4.69, 9.17) is 0 Å². The molecule has 0 aliphatic heterocycles. The van der Waals surface area contributed by atoms with Crippen molar-refractivity contribution in [2.24, 2.45) is 0 Å². The number of rotatable bonds is 3. The molecule has 1 amide bonds. The van der Waals surface area contributed by atoms with Crippen molar-refractivity contribution in [3.05, 3.63) is 47.1 Å². The molecule has 4 rings (SSSR count). The number of amides is 1. The van der Waals surface area contributed by atoms with Crippen LogP contribution in [0.3, 0.4) is 0 Å². The Labute approximate surface area is 138 Å². The number of para-hydroxylation sites is 1. The summed E-state index contributed by atoms with van der Waals surface area (Å²) in [7, 11) is 0. The van der Waals surface area contributed by atoms with Crippen LogP contribution in [0.25, 0.3) is 10.9 Å². The van der Waals surface area contributed by atoms with Gasteiger partial charge in [-0.3, -0.25) is 9.78 Å². The summed E-state index contributed by atoms with van der Waals surface area (Å²) in [5, 5.41) is 5.03. The van der Waals surface area contributed by atoms with Gasteiger partial charge in [-0.15, -0.1) is 5.10 Å². The van der Waals surface area contributed by atoms with Gasteiger partial charge >= 0.3 is 0 Å². The average Bonchev–Trinajstić information content (AvgIpc) is 2.96. The van der Waals surface area contributed by atoms with Crippen LogP contribution >= 0.6 is 11.5 Å². The van der Waals surface area contributed by atoms with Crippen LogP contribution < -0.4 is 4.90 Å². The number of fused-ring (bicyclic) bond motifs is 1. The van der Waals surface area contributed by atoms with E-state index >= 15 is 0 Å². The highest BCUT2D eigenvalue weighted by molar-refractivity contribution is 7.08. The number of hydrogen-bond acceptors (Lipinski definition) is 5. The molecule has 6 heteroatoms. The third-order valence-electron chi connectivity index (χ3n) is 4.38. The summed E-state index contributed by atoms with van der Waals surface area (Å²) in [6, 6.07) is 10.2. The van der Waals surface area contributed by atoms with E-state index in [1.807, 2.05) is 42.2 Å². The molecule has 0 saturated heterocycles. The Kier molecular flexibility index (Phi) is 3.53. The fourth-order valence-corrected chi connectivity index (χ4v) is 3.53. The van der Waals surface area contributed by atoms with Gasteiger partial charge in [0.1, 0.15) is 4.88 Å². The Morgan fingerprint density at radius 2 is 2.09 bits per heavy atom. The molecule has 116 valence electrons. The first-order valence-corrected chi connectivity index (χ1v) is 8.49. The minimum atomic E-state index is -0.0136. The van der Waals surface area contributed by atoms with Crippen LogP contribution in [0.5, 0.6) is 0 Å². The lowest BCUT2D eigenvalue weighted by atomic mass is 9.90. The van der Waals surface area contributed by atoms with Crippen LogP contribution in [0.15, 0.2) is 36.5 Å². The van der Waals surface area contributed by atoms with E-state index in [1.165, 1.54) is 11.5 Å². The predicted molar refractivity (Wildman–Crippen MR) is 90.8 cm³/mol. The summed E-state index contributed by atoms with van der Waals surface area (Å²) in [6.45, 7) is 1.83. The van der Waals surface area contributed by atoms with Crippen LogP contribution in [-0.2, 0) is 0 Å². The van der Waals surface area contributed by atoms with Gasteiger partial charge in [-0.05, 0) is 49.9 Å². The second-order valence-corrected chi connectivity index (χ2v) is 6.55. The Bertz CT molecular complexity index is 866. The number of carbonyl (C=O) groups is 1. The molecule has 0 unspecified atom stereocenters. The summed E-state index contributed by atoms with van der Waals surface area (Å²) in [6.07, 6.45) is 4.99. The minimum absolute atomic E-state index is 0.0136. The van der Waals surface area contributed by atoms with Crippen LogP contribution in [0.4, 0.5) is 5.69 Å². The molecule has 0 atom stereocenters. The molecule has 0 spiro atoms. The van der Waals surface area contributed by atoms with E-state index < -0.39 is 0 Å². The zero-order valence-electron chi connectivity index (χ0n) is 12.8. The first-order chi connectivity index (χ1) is 11.3. The number of benzene rings is 1. The SMILES string of the molecule is Cc1nnsc1C(=O)N(c1cccc2cccnc12)C1CCC1. The maximum absolute atomic E-state index is 13.1. The zero-order chi connectivity index (χ0) is 15.8. The fourth-order valence-electron chi connectivity index (χ4n) is 2.94. The van der Waals surface area contributed by atoms with Crippen molar-refractivity contribution in [3.8, 4) is 0 Å². The Balaban J connectivity index is 1.85. The van der Waals surface area contributed by atoms with E-state index in [0.717, 1.165) is 35.9 Å². The van der Waals surface area contributed by atoms with Crippen molar-refractivity contribution in [1.82, 2.24) is 14.6 Å². The lowest BCUT2D eigenvalue weighted by Crippen LogP contribution is -2.44. The molecule has 1 fully saturated rings. The van der Waals surface area contributed by atoms with Crippen LogP contribution in [0, 0.1) is 6.92 Å². The van der Waals surface area contributed by atoms with E-state index in [1.54, 1.807) is 6.20 Å². The van der Waals surface area contributed by atoms with Crippen molar-refractivity contribution < 1.29 is 4.79 Å². The van der Waals surface area contributed by atoms with Gasteiger partial charge in [-0.1, -0.05) is 22.7 Å².